The number of aliphatic carboxylic acids is 1. The zero-order valence-electron chi connectivity index (χ0n) is 18.2. The second-order valence-corrected chi connectivity index (χ2v) is 6.76. The summed E-state index contributed by atoms with van der Waals surface area (Å²) in [6.07, 6.45) is -3.22. The molecule has 0 amide bonds. The van der Waals surface area contributed by atoms with Crippen LogP contribution in [0.25, 0.3) is 0 Å². The molecule has 0 unspecified atom stereocenters. The summed E-state index contributed by atoms with van der Waals surface area (Å²) in [5.74, 6) is -4.40. The highest BCUT2D eigenvalue weighted by Crippen LogP contribution is 2.19. The molecule has 32 heavy (non-hydrogen) atoms. The lowest BCUT2D eigenvalue weighted by molar-refractivity contribution is -0.185. The molecule has 1 rings (SSSR count). The van der Waals surface area contributed by atoms with Gasteiger partial charge in [0.1, 0.15) is 6.61 Å². The number of benzene rings is 1. The summed E-state index contributed by atoms with van der Waals surface area (Å²) < 4.78 is 20.4. The first-order valence-corrected chi connectivity index (χ1v) is 9.62. The first-order chi connectivity index (χ1) is 15.0. The lowest BCUT2D eigenvalue weighted by atomic mass is 10.00. The number of hydrogen-bond donors (Lipinski definition) is 1. The minimum atomic E-state index is -1.48. The summed E-state index contributed by atoms with van der Waals surface area (Å²) >= 11 is 0. The van der Waals surface area contributed by atoms with E-state index in [9.17, 15) is 29.1 Å². The summed E-state index contributed by atoms with van der Waals surface area (Å²) in [4.78, 5) is 58.2. The third-order valence-electron chi connectivity index (χ3n) is 3.94. The van der Waals surface area contributed by atoms with E-state index in [4.69, 9.17) is 18.9 Å². The van der Waals surface area contributed by atoms with E-state index in [-0.39, 0.29) is 12.0 Å². The molecule has 0 radical (unpaired) electrons. The number of carboxylic acids is 1. The van der Waals surface area contributed by atoms with Gasteiger partial charge in [0.05, 0.1) is 0 Å². The van der Waals surface area contributed by atoms with Crippen molar-refractivity contribution in [3.8, 4) is 0 Å². The second-order valence-electron chi connectivity index (χ2n) is 6.76. The third-order valence-corrected chi connectivity index (χ3v) is 3.94. The van der Waals surface area contributed by atoms with Gasteiger partial charge < -0.3 is 24.1 Å². The van der Waals surface area contributed by atoms with Crippen molar-refractivity contribution in [3.05, 3.63) is 47.5 Å². The molecule has 0 spiro atoms. The van der Waals surface area contributed by atoms with E-state index >= 15 is 0 Å². The first-order valence-electron chi connectivity index (χ1n) is 9.62. The van der Waals surface area contributed by atoms with E-state index in [2.05, 4.69) is 0 Å². The topological polar surface area (TPSA) is 142 Å². The molecule has 0 heterocycles. The van der Waals surface area contributed by atoms with Gasteiger partial charge in [-0.1, -0.05) is 30.3 Å². The highest BCUT2D eigenvalue weighted by molar-refractivity contribution is 5.87. The Morgan fingerprint density at radius 2 is 1.41 bits per heavy atom. The number of carbonyl (C=O) groups is 5. The minimum absolute atomic E-state index is 0.0249. The maximum absolute atomic E-state index is 11.9. The van der Waals surface area contributed by atoms with Gasteiger partial charge >= 0.3 is 29.8 Å². The van der Waals surface area contributed by atoms with Crippen LogP contribution in [-0.4, -0.2) is 59.9 Å². The number of esters is 4. The Morgan fingerprint density at radius 3 is 1.88 bits per heavy atom. The molecule has 0 saturated heterocycles. The minimum Gasteiger partial charge on any atom is -0.478 e. The van der Waals surface area contributed by atoms with Crippen molar-refractivity contribution in [1.82, 2.24) is 0 Å². The fourth-order valence-electron chi connectivity index (χ4n) is 2.76. The highest BCUT2D eigenvalue weighted by Gasteiger charge is 2.37. The average molecular weight is 450 g/mol. The molecule has 0 aromatic heterocycles. The summed E-state index contributed by atoms with van der Waals surface area (Å²) in [5.41, 5.74) is 0.511. The lowest BCUT2D eigenvalue weighted by Crippen LogP contribution is -2.47. The van der Waals surface area contributed by atoms with Crippen LogP contribution in [0.15, 0.2) is 42.0 Å². The van der Waals surface area contributed by atoms with Gasteiger partial charge in [0, 0.05) is 39.7 Å². The van der Waals surface area contributed by atoms with Gasteiger partial charge in [-0.15, -0.1) is 0 Å². The van der Waals surface area contributed by atoms with E-state index in [1.54, 1.807) is 30.3 Å². The highest BCUT2D eigenvalue weighted by atomic mass is 16.6. The molecule has 0 bridgehead atoms. The van der Waals surface area contributed by atoms with Crippen molar-refractivity contribution in [2.45, 2.75) is 52.4 Å². The van der Waals surface area contributed by atoms with Crippen LogP contribution in [0.4, 0.5) is 0 Å². The van der Waals surface area contributed by atoms with Crippen LogP contribution in [-0.2, 0) is 49.3 Å². The number of carboxylic acid groups (broad SMARTS) is 1. The maximum Gasteiger partial charge on any atom is 0.331 e. The fourth-order valence-corrected chi connectivity index (χ4v) is 2.76. The van der Waals surface area contributed by atoms with Crippen LogP contribution in [0.1, 0.15) is 33.3 Å². The Balaban J connectivity index is 3.44. The molecule has 1 N–H and O–H groups in total. The monoisotopic (exact) mass is 450 g/mol. The largest absolute Gasteiger partial charge is 0.478 e. The van der Waals surface area contributed by atoms with E-state index in [0.717, 1.165) is 33.8 Å². The molecule has 10 nitrogen and oxygen atoms in total. The van der Waals surface area contributed by atoms with Gasteiger partial charge in [0.25, 0.3) is 0 Å². The first kappa shape index (κ1) is 26.3. The molecule has 0 aliphatic heterocycles. The Kier molecular flexibility index (Phi) is 10.6. The zero-order chi connectivity index (χ0) is 24.3. The van der Waals surface area contributed by atoms with Crippen molar-refractivity contribution in [2.24, 2.45) is 0 Å². The molecule has 0 saturated carbocycles. The van der Waals surface area contributed by atoms with Gasteiger partial charge in [-0.05, 0) is 11.6 Å². The van der Waals surface area contributed by atoms with E-state index < -0.39 is 54.8 Å². The molecule has 1 aromatic rings. The molecule has 1 aromatic carbocycles. The Morgan fingerprint density at radius 1 is 0.844 bits per heavy atom. The van der Waals surface area contributed by atoms with Gasteiger partial charge in [0.15, 0.2) is 18.3 Å². The Labute approximate surface area is 185 Å². The summed E-state index contributed by atoms with van der Waals surface area (Å²) in [6.45, 7) is 3.84. The van der Waals surface area contributed by atoms with Crippen LogP contribution in [0.2, 0.25) is 0 Å². The maximum atomic E-state index is 11.9. The number of ether oxygens (including phenoxy) is 4. The van der Waals surface area contributed by atoms with Crippen molar-refractivity contribution < 1.29 is 48.0 Å². The fraction of sp³-hybridized carbons (Fsp3) is 0.409. The van der Waals surface area contributed by atoms with E-state index in [1.807, 2.05) is 0 Å². The molecule has 0 aliphatic rings. The standard InChI is InChI=1S/C22H26O10/c1-13(23)29-12-20(31-15(3)25)21(32-16(4)26)19(30-14(2)24)11-18(22(27)28)10-17-8-6-5-7-9-17/h5-9,11,19-21H,10,12H2,1-4H3,(H,27,28)/b18-11+/t19-,20+,21+/m1/s1. The average Bonchev–Trinajstić information content (AvgIpc) is 2.68. The lowest BCUT2D eigenvalue weighted by Gasteiger charge is -2.30. The van der Waals surface area contributed by atoms with Crippen LogP contribution in [0, 0.1) is 0 Å². The number of carbonyl (C=O) groups excluding carboxylic acids is 4. The van der Waals surface area contributed by atoms with E-state index in [0.29, 0.717) is 5.56 Å². The van der Waals surface area contributed by atoms with Crippen molar-refractivity contribution >= 4 is 29.8 Å². The SMILES string of the molecule is CC(=O)OC[C@H](OC(C)=O)[C@@H](OC(C)=O)[C@@H](/C=C(\Cc1ccccc1)C(=O)O)OC(C)=O. The van der Waals surface area contributed by atoms with Crippen molar-refractivity contribution in [1.29, 1.82) is 0 Å². The summed E-state index contributed by atoms with van der Waals surface area (Å²) in [5, 5.41) is 9.67. The molecule has 0 fully saturated rings. The molecule has 0 aliphatic carbocycles. The molecule has 3 atom stereocenters. The Bertz CT molecular complexity index is 859. The third kappa shape index (κ3) is 9.88. The van der Waals surface area contributed by atoms with Crippen LogP contribution < -0.4 is 0 Å². The van der Waals surface area contributed by atoms with E-state index in [1.165, 1.54) is 0 Å². The summed E-state index contributed by atoms with van der Waals surface area (Å²) in [7, 11) is 0. The number of rotatable bonds is 11. The molecular weight excluding hydrogens is 424 g/mol. The van der Waals surface area contributed by atoms with Gasteiger partial charge in [-0.2, -0.15) is 0 Å². The second kappa shape index (κ2) is 12.9. The Hall–Kier alpha value is -3.69. The van der Waals surface area contributed by atoms with Gasteiger partial charge in [0.2, 0.25) is 0 Å². The smallest absolute Gasteiger partial charge is 0.331 e. The van der Waals surface area contributed by atoms with Crippen molar-refractivity contribution in [2.75, 3.05) is 6.61 Å². The molecule has 174 valence electrons. The molecular formula is C22H26O10. The van der Waals surface area contributed by atoms with Gasteiger partial charge in [-0.3, -0.25) is 19.2 Å². The summed E-state index contributed by atoms with van der Waals surface area (Å²) in [6, 6.07) is 8.66. The van der Waals surface area contributed by atoms with Gasteiger partial charge in [-0.25, -0.2) is 4.79 Å². The quantitative estimate of drug-likeness (QED) is 0.300. The van der Waals surface area contributed by atoms with Crippen LogP contribution >= 0.6 is 0 Å². The van der Waals surface area contributed by atoms with Crippen LogP contribution in [0.3, 0.4) is 0 Å². The zero-order valence-corrected chi connectivity index (χ0v) is 18.2. The predicted molar refractivity (Wildman–Crippen MR) is 109 cm³/mol. The molecule has 10 heteroatoms. The van der Waals surface area contributed by atoms with Crippen molar-refractivity contribution in [3.63, 3.8) is 0 Å². The predicted octanol–water partition coefficient (Wildman–Crippen LogP) is 1.60. The normalized spacial score (nSPS) is 13.8. The number of hydrogen-bond acceptors (Lipinski definition) is 9. The van der Waals surface area contributed by atoms with Crippen LogP contribution in [0.5, 0.6) is 0 Å².